The molecule has 0 aliphatic carbocycles. The first-order chi connectivity index (χ1) is 8.19. The molecule has 3 heteroatoms. The lowest BCUT2D eigenvalue weighted by Crippen LogP contribution is -2.22. The highest BCUT2D eigenvalue weighted by Crippen LogP contribution is 2.07. The predicted molar refractivity (Wildman–Crippen MR) is 70.3 cm³/mol. The molecule has 1 rings (SSSR count). The second-order valence-corrected chi connectivity index (χ2v) is 3.49. The Morgan fingerprint density at radius 2 is 2.12 bits per heavy atom. The van der Waals surface area contributed by atoms with Crippen LogP contribution in [0.15, 0.2) is 61.0 Å². The van der Waals surface area contributed by atoms with Gasteiger partial charge in [0.2, 0.25) is 0 Å². The van der Waals surface area contributed by atoms with E-state index in [0.29, 0.717) is 11.3 Å². The molecule has 3 N–H and O–H groups in total. The Kier molecular flexibility index (Phi) is 4.76. The number of nitrogens with one attached hydrogen (secondary N) is 1. The Hall–Kier alpha value is -2.29. The lowest BCUT2D eigenvalue weighted by atomic mass is 10.1. The van der Waals surface area contributed by atoms with Crippen molar-refractivity contribution in [3.8, 4) is 0 Å². The third kappa shape index (κ3) is 3.65. The van der Waals surface area contributed by atoms with Gasteiger partial charge >= 0.3 is 0 Å². The van der Waals surface area contributed by atoms with Crippen LogP contribution in [0.1, 0.15) is 15.9 Å². The van der Waals surface area contributed by atoms with E-state index in [9.17, 15) is 4.79 Å². The molecule has 0 heterocycles. The summed E-state index contributed by atoms with van der Waals surface area (Å²) in [4.78, 5) is 12.0. The lowest BCUT2D eigenvalue weighted by molar-refractivity contribution is 0.0966. The fourth-order valence-electron chi connectivity index (χ4n) is 1.40. The maximum atomic E-state index is 12.0. The van der Waals surface area contributed by atoms with E-state index in [2.05, 4.69) is 11.9 Å². The summed E-state index contributed by atoms with van der Waals surface area (Å²) < 4.78 is 0. The molecule has 0 radical (unpaired) electrons. The van der Waals surface area contributed by atoms with E-state index in [1.54, 1.807) is 24.3 Å². The van der Waals surface area contributed by atoms with E-state index in [-0.39, 0.29) is 5.91 Å². The number of rotatable bonds is 4. The van der Waals surface area contributed by atoms with Crippen LogP contribution in [0.5, 0.6) is 0 Å². The molecule has 0 aliphatic heterocycles. The molecule has 1 aromatic carbocycles. The van der Waals surface area contributed by atoms with Crippen molar-refractivity contribution in [2.75, 3.05) is 0 Å². The number of allylic oxidation sites excluding steroid dienone is 3. The SMILES string of the molecule is C=C/C=C(\C=C/N)NC(=O)c1ccccc1C. The van der Waals surface area contributed by atoms with Crippen molar-refractivity contribution in [1.29, 1.82) is 0 Å². The Labute approximate surface area is 101 Å². The van der Waals surface area contributed by atoms with Crippen molar-refractivity contribution >= 4 is 5.91 Å². The Bertz CT molecular complexity index is 473. The average molecular weight is 228 g/mol. The second-order valence-electron chi connectivity index (χ2n) is 3.49. The molecule has 0 aromatic heterocycles. The standard InChI is InChI=1S/C14H16N2O/c1-3-6-12(9-10-15)16-14(17)13-8-5-4-7-11(13)2/h3-10H,1,15H2,2H3,(H,16,17)/b10-9-,12-6+. The van der Waals surface area contributed by atoms with Crippen molar-refractivity contribution < 1.29 is 4.79 Å². The zero-order chi connectivity index (χ0) is 12.7. The monoisotopic (exact) mass is 228 g/mol. The summed E-state index contributed by atoms with van der Waals surface area (Å²) in [6.07, 6.45) is 6.25. The van der Waals surface area contributed by atoms with Crippen molar-refractivity contribution in [2.24, 2.45) is 5.73 Å². The van der Waals surface area contributed by atoms with Crippen LogP contribution in [0.2, 0.25) is 0 Å². The van der Waals surface area contributed by atoms with Gasteiger partial charge in [-0.05, 0) is 36.9 Å². The molecule has 0 aliphatic rings. The number of aryl methyl sites for hydroxylation is 1. The van der Waals surface area contributed by atoms with E-state index >= 15 is 0 Å². The van der Waals surface area contributed by atoms with E-state index in [1.165, 1.54) is 6.20 Å². The molecule has 1 aromatic rings. The topological polar surface area (TPSA) is 55.1 Å². The number of hydrogen-bond donors (Lipinski definition) is 2. The normalized spacial score (nSPS) is 11.5. The first-order valence-electron chi connectivity index (χ1n) is 5.27. The smallest absolute Gasteiger partial charge is 0.255 e. The van der Waals surface area contributed by atoms with Crippen LogP contribution in [0.25, 0.3) is 0 Å². The summed E-state index contributed by atoms with van der Waals surface area (Å²) in [6, 6.07) is 7.40. The largest absolute Gasteiger partial charge is 0.405 e. The molecule has 1 amide bonds. The van der Waals surface area contributed by atoms with Gasteiger partial charge in [-0.25, -0.2) is 0 Å². The number of benzene rings is 1. The number of amides is 1. The van der Waals surface area contributed by atoms with Crippen LogP contribution in [-0.2, 0) is 0 Å². The lowest BCUT2D eigenvalue weighted by Gasteiger charge is -2.07. The fraction of sp³-hybridized carbons (Fsp3) is 0.0714. The molecule has 0 bridgehead atoms. The number of carbonyl (C=O) groups is 1. The number of carbonyl (C=O) groups excluding carboxylic acids is 1. The van der Waals surface area contributed by atoms with E-state index in [1.807, 2.05) is 25.1 Å². The van der Waals surface area contributed by atoms with Gasteiger partial charge in [0, 0.05) is 11.3 Å². The first kappa shape index (κ1) is 12.8. The van der Waals surface area contributed by atoms with Crippen LogP contribution in [0, 0.1) is 6.92 Å². The van der Waals surface area contributed by atoms with Crippen molar-refractivity contribution in [3.05, 3.63) is 72.1 Å². The van der Waals surface area contributed by atoms with Crippen molar-refractivity contribution in [3.63, 3.8) is 0 Å². The van der Waals surface area contributed by atoms with Gasteiger partial charge < -0.3 is 11.1 Å². The van der Waals surface area contributed by atoms with Crippen molar-refractivity contribution in [2.45, 2.75) is 6.92 Å². The van der Waals surface area contributed by atoms with Gasteiger partial charge in [0.05, 0.1) is 0 Å². The van der Waals surface area contributed by atoms with Gasteiger partial charge in [0.1, 0.15) is 0 Å². The van der Waals surface area contributed by atoms with E-state index < -0.39 is 0 Å². The minimum Gasteiger partial charge on any atom is -0.405 e. The minimum absolute atomic E-state index is 0.158. The predicted octanol–water partition coefficient (Wildman–Crippen LogP) is 2.27. The second kappa shape index (κ2) is 6.33. The summed E-state index contributed by atoms with van der Waals surface area (Å²) in [5, 5.41) is 2.76. The third-order valence-electron chi connectivity index (χ3n) is 2.22. The molecular weight excluding hydrogens is 212 g/mol. The maximum absolute atomic E-state index is 12.0. The highest BCUT2D eigenvalue weighted by atomic mass is 16.1. The summed E-state index contributed by atoms with van der Waals surface area (Å²) >= 11 is 0. The number of nitrogens with two attached hydrogens (primary N) is 1. The Morgan fingerprint density at radius 3 is 2.71 bits per heavy atom. The first-order valence-corrected chi connectivity index (χ1v) is 5.27. The average Bonchev–Trinajstić information content (AvgIpc) is 2.30. The zero-order valence-electron chi connectivity index (χ0n) is 9.81. The molecule has 0 fully saturated rings. The van der Waals surface area contributed by atoms with Crippen LogP contribution >= 0.6 is 0 Å². The molecule has 0 unspecified atom stereocenters. The van der Waals surface area contributed by atoms with E-state index in [4.69, 9.17) is 5.73 Å². The fourth-order valence-corrected chi connectivity index (χ4v) is 1.40. The molecule has 3 nitrogen and oxygen atoms in total. The molecule has 0 saturated carbocycles. The number of hydrogen-bond acceptors (Lipinski definition) is 2. The van der Waals surface area contributed by atoms with Gasteiger partial charge in [0.15, 0.2) is 0 Å². The van der Waals surface area contributed by atoms with Gasteiger partial charge in [-0.15, -0.1) is 0 Å². The minimum atomic E-state index is -0.158. The third-order valence-corrected chi connectivity index (χ3v) is 2.22. The van der Waals surface area contributed by atoms with Crippen LogP contribution in [-0.4, -0.2) is 5.91 Å². The zero-order valence-corrected chi connectivity index (χ0v) is 9.81. The molecule has 17 heavy (non-hydrogen) atoms. The highest BCUT2D eigenvalue weighted by molar-refractivity contribution is 5.96. The Morgan fingerprint density at radius 1 is 1.41 bits per heavy atom. The summed E-state index contributed by atoms with van der Waals surface area (Å²) in [5.41, 5.74) is 7.48. The molecular formula is C14H16N2O. The van der Waals surface area contributed by atoms with Gasteiger partial charge in [-0.3, -0.25) is 4.79 Å². The van der Waals surface area contributed by atoms with Crippen molar-refractivity contribution in [1.82, 2.24) is 5.32 Å². The molecule has 0 saturated heterocycles. The molecule has 0 spiro atoms. The van der Waals surface area contributed by atoms with Crippen LogP contribution in [0.3, 0.4) is 0 Å². The van der Waals surface area contributed by atoms with Gasteiger partial charge in [0.25, 0.3) is 5.91 Å². The Balaban J connectivity index is 2.89. The van der Waals surface area contributed by atoms with Crippen LogP contribution < -0.4 is 11.1 Å². The summed E-state index contributed by atoms with van der Waals surface area (Å²) in [7, 11) is 0. The van der Waals surface area contributed by atoms with Crippen LogP contribution in [0.4, 0.5) is 0 Å². The van der Waals surface area contributed by atoms with Gasteiger partial charge in [-0.1, -0.05) is 30.9 Å². The maximum Gasteiger partial charge on any atom is 0.255 e. The summed E-state index contributed by atoms with van der Waals surface area (Å²) in [6.45, 7) is 5.47. The highest BCUT2D eigenvalue weighted by Gasteiger charge is 2.07. The molecule has 0 atom stereocenters. The van der Waals surface area contributed by atoms with Gasteiger partial charge in [-0.2, -0.15) is 0 Å². The van der Waals surface area contributed by atoms with E-state index in [0.717, 1.165) is 5.56 Å². The summed E-state index contributed by atoms with van der Waals surface area (Å²) in [5.74, 6) is -0.158. The molecule has 88 valence electrons. The quantitative estimate of drug-likeness (QED) is 0.777.